The lowest BCUT2D eigenvalue weighted by molar-refractivity contribution is 0.0523. The Kier molecular flexibility index (Phi) is 7.47. The number of hydrogen-bond donors (Lipinski definition) is 2. The van der Waals surface area contributed by atoms with Gasteiger partial charge in [-0.2, -0.15) is 0 Å². The molecule has 108 valence electrons. The van der Waals surface area contributed by atoms with Crippen LogP contribution >= 0.6 is 0 Å². The van der Waals surface area contributed by atoms with Crippen molar-refractivity contribution in [2.24, 2.45) is 0 Å². The zero-order chi connectivity index (χ0) is 14.3. The van der Waals surface area contributed by atoms with Crippen LogP contribution in [0.3, 0.4) is 0 Å². The van der Waals surface area contributed by atoms with Gasteiger partial charge in [0, 0.05) is 41.4 Å². The van der Waals surface area contributed by atoms with Crippen molar-refractivity contribution in [3.63, 3.8) is 0 Å². The largest absolute Gasteiger partial charge is 0.444 e. The van der Waals surface area contributed by atoms with E-state index in [1.165, 1.54) is 0 Å². The summed E-state index contributed by atoms with van der Waals surface area (Å²) in [6.07, 6.45) is 1.28. The highest BCUT2D eigenvalue weighted by Gasteiger charge is 2.16. The van der Waals surface area contributed by atoms with Gasteiger partial charge in [-0.25, -0.2) is 4.79 Å². The van der Waals surface area contributed by atoms with Crippen molar-refractivity contribution in [1.29, 1.82) is 0 Å². The summed E-state index contributed by atoms with van der Waals surface area (Å²) in [5, 5.41) is 6.02. The van der Waals surface area contributed by atoms with Gasteiger partial charge < -0.3 is 15.4 Å². The van der Waals surface area contributed by atoms with E-state index in [1.54, 1.807) is 6.26 Å². The number of carbonyl (C=O) groups excluding carboxylic acids is 1. The van der Waals surface area contributed by atoms with Crippen molar-refractivity contribution in [2.75, 3.05) is 19.3 Å². The van der Waals surface area contributed by atoms with Crippen molar-refractivity contribution in [2.45, 2.75) is 51.5 Å². The van der Waals surface area contributed by atoms with Crippen molar-refractivity contribution in [3.05, 3.63) is 0 Å². The van der Waals surface area contributed by atoms with E-state index in [2.05, 4.69) is 10.6 Å². The van der Waals surface area contributed by atoms with E-state index < -0.39 is 22.5 Å². The predicted octanol–water partition coefficient (Wildman–Crippen LogP) is 1.26. The van der Waals surface area contributed by atoms with E-state index in [1.807, 2.05) is 34.6 Å². The second-order valence-electron chi connectivity index (χ2n) is 5.50. The number of ether oxygens (including phenoxy) is 1. The van der Waals surface area contributed by atoms with Crippen LogP contribution in [0.2, 0.25) is 0 Å². The molecule has 0 saturated heterocycles. The fraction of sp³-hybridized carbons (Fsp3) is 0.917. The fourth-order valence-electron chi connectivity index (χ4n) is 1.11. The number of nitrogens with one attached hydrogen (secondary N) is 2. The quantitative estimate of drug-likeness (QED) is 0.767. The van der Waals surface area contributed by atoms with Gasteiger partial charge in [-0.15, -0.1) is 0 Å². The molecule has 18 heavy (non-hydrogen) atoms. The van der Waals surface area contributed by atoms with Crippen molar-refractivity contribution < 1.29 is 13.7 Å². The Balaban J connectivity index is 3.80. The van der Waals surface area contributed by atoms with Gasteiger partial charge in [0.15, 0.2) is 0 Å². The monoisotopic (exact) mass is 278 g/mol. The summed E-state index contributed by atoms with van der Waals surface area (Å²) in [7, 11) is -0.827. The van der Waals surface area contributed by atoms with Gasteiger partial charge in [-0.05, 0) is 34.6 Å². The van der Waals surface area contributed by atoms with E-state index in [4.69, 9.17) is 4.74 Å². The van der Waals surface area contributed by atoms with Crippen molar-refractivity contribution in [1.82, 2.24) is 10.6 Å². The molecule has 2 N–H and O–H groups in total. The van der Waals surface area contributed by atoms with Crippen LogP contribution in [0.4, 0.5) is 4.79 Å². The van der Waals surface area contributed by atoms with Crippen LogP contribution in [0.15, 0.2) is 0 Å². The van der Waals surface area contributed by atoms with Crippen molar-refractivity contribution >= 4 is 16.9 Å². The molecule has 0 aromatic heterocycles. The Morgan fingerprint density at radius 3 is 2.28 bits per heavy atom. The first-order chi connectivity index (χ1) is 8.11. The van der Waals surface area contributed by atoms with E-state index in [9.17, 15) is 9.00 Å². The predicted molar refractivity (Wildman–Crippen MR) is 75.2 cm³/mol. The lowest BCUT2D eigenvalue weighted by atomic mass is 10.2. The fourth-order valence-corrected chi connectivity index (χ4v) is 1.44. The SMILES string of the molecule is CC(CNC(=O)OC(C)(C)C)NCC(C)S(C)=O. The molecule has 5 nitrogen and oxygen atoms in total. The second-order valence-corrected chi connectivity index (χ2v) is 7.30. The molecule has 0 spiro atoms. The minimum absolute atomic E-state index is 0.106. The molecule has 0 bridgehead atoms. The lowest BCUT2D eigenvalue weighted by Crippen LogP contribution is -2.43. The zero-order valence-corrected chi connectivity index (χ0v) is 13.0. The Morgan fingerprint density at radius 2 is 1.83 bits per heavy atom. The van der Waals surface area contributed by atoms with Crippen LogP contribution < -0.4 is 10.6 Å². The maximum atomic E-state index is 11.4. The van der Waals surface area contributed by atoms with Crippen LogP contribution in [-0.2, 0) is 15.5 Å². The lowest BCUT2D eigenvalue weighted by Gasteiger charge is -2.21. The number of rotatable bonds is 6. The molecule has 0 fully saturated rings. The molecule has 0 rings (SSSR count). The minimum atomic E-state index is -0.827. The first-order valence-electron chi connectivity index (χ1n) is 6.14. The summed E-state index contributed by atoms with van der Waals surface area (Å²) in [5.41, 5.74) is -0.478. The normalized spacial score (nSPS) is 16.8. The Hall–Kier alpha value is -0.620. The van der Waals surface area contributed by atoms with Gasteiger partial charge in [0.1, 0.15) is 5.60 Å². The molecule has 3 unspecified atom stereocenters. The molecule has 0 aromatic carbocycles. The molecule has 1 amide bonds. The summed E-state index contributed by atoms with van der Waals surface area (Å²) in [6, 6.07) is 0.114. The van der Waals surface area contributed by atoms with E-state index in [-0.39, 0.29) is 11.3 Å². The van der Waals surface area contributed by atoms with E-state index >= 15 is 0 Å². The molecular formula is C12H26N2O3S. The summed E-state index contributed by atoms with van der Waals surface area (Å²) in [5.74, 6) is 0. The maximum Gasteiger partial charge on any atom is 0.407 e. The van der Waals surface area contributed by atoms with Gasteiger partial charge in [0.25, 0.3) is 0 Å². The summed E-state index contributed by atoms with van der Waals surface area (Å²) < 4.78 is 16.3. The summed E-state index contributed by atoms with van der Waals surface area (Å²) in [6.45, 7) is 10.5. The summed E-state index contributed by atoms with van der Waals surface area (Å²) in [4.78, 5) is 11.4. The van der Waals surface area contributed by atoms with Crippen LogP contribution in [0.5, 0.6) is 0 Å². The number of alkyl carbamates (subject to hydrolysis) is 1. The van der Waals surface area contributed by atoms with Gasteiger partial charge in [-0.3, -0.25) is 4.21 Å². The highest BCUT2D eigenvalue weighted by molar-refractivity contribution is 7.84. The van der Waals surface area contributed by atoms with Gasteiger partial charge in [0.05, 0.1) is 0 Å². The third-order valence-corrected chi connectivity index (χ3v) is 3.57. The smallest absolute Gasteiger partial charge is 0.407 e. The number of hydrogen-bond acceptors (Lipinski definition) is 4. The summed E-state index contributed by atoms with van der Waals surface area (Å²) >= 11 is 0. The number of carbonyl (C=O) groups is 1. The maximum absolute atomic E-state index is 11.4. The van der Waals surface area contributed by atoms with Gasteiger partial charge >= 0.3 is 6.09 Å². The Labute approximate surface area is 113 Å². The Bertz CT molecular complexity index is 290. The van der Waals surface area contributed by atoms with Crippen molar-refractivity contribution in [3.8, 4) is 0 Å². The van der Waals surface area contributed by atoms with Crippen LogP contribution in [-0.4, -0.2) is 46.5 Å². The van der Waals surface area contributed by atoms with Gasteiger partial charge in [0.2, 0.25) is 0 Å². The van der Waals surface area contributed by atoms with Crippen LogP contribution in [0.25, 0.3) is 0 Å². The molecule has 0 saturated carbocycles. The molecule has 3 atom stereocenters. The molecule has 0 aliphatic rings. The molecule has 0 aromatic rings. The zero-order valence-electron chi connectivity index (χ0n) is 12.2. The highest BCUT2D eigenvalue weighted by Crippen LogP contribution is 2.06. The molecular weight excluding hydrogens is 252 g/mol. The highest BCUT2D eigenvalue weighted by atomic mass is 32.2. The standard InChI is InChI=1S/C12H26N2O3S/c1-9(13-8-10(2)18(6)16)7-14-11(15)17-12(3,4)5/h9-10,13H,7-8H2,1-6H3,(H,14,15). The molecule has 0 radical (unpaired) electrons. The third-order valence-electron chi connectivity index (χ3n) is 2.27. The second kappa shape index (κ2) is 7.74. The first-order valence-corrected chi connectivity index (χ1v) is 7.76. The molecule has 0 aliphatic carbocycles. The Morgan fingerprint density at radius 1 is 1.28 bits per heavy atom. The van der Waals surface area contributed by atoms with E-state index in [0.717, 1.165) is 0 Å². The average Bonchev–Trinajstić information content (AvgIpc) is 2.20. The molecule has 0 heterocycles. The molecule has 0 aliphatic heterocycles. The number of amides is 1. The topological polar surface area (TPSA) is 67.4 Å². The average molecular weight is 278 g/mol. The van der Waals surface area contributed by atoms with Crippen LogP contribution in [0.1, 0.15) is 34.6 Å². The first kappa shape index (κ1) is 17.4. The third kappa shape index (κ3) is 9.41. The molecule has 6 heteroatoms. The van der Waals surface area contributed by atoms with Gasteiger partial charge in [-0.1, -0.05) is 0 Å². The van der Waals surface area contributed by atoms with Crippen LogP contribution in [0, 0.1) is 0 Å². The minimum Gasteiger partial charge on any atom is -0.444 e. The van der Waals surface area contributed by atoms with E-state index in [0.29, 0.717) is 13.1 Å².